The molecule has 3 aromatic carbocycles. The lowest BCUT2D eigenvalue weighted by atomic mass is 9.95. The number of amides is 2. The number of hydrogen-bond acceptors (Lipinski definition) is 5. The second-order valence-electron chi connectivity index (χ2n) is 11.0. The highest BCUT2D eigenvalue weighted by molar-refractivity contribution is 6.33. The Balaban J connectivity index is 1.51. The smallest absolute Gasteiger partial charge is 0.265 e. The Kier molecular flexibility index (Phi) is 7.17. The number of pyridine rings is 1. The Bertz CT molecular complexity index is 1850. The second-order valence-corrected chi connectivity index (χ2v) is 11.0. The highest BCUT2D eigenvalue weighted by Gasteiger charge is 2.42. The summed E-state index contributed by atoms with van der Waals surface area (Å²) in [6, 6.07) is 24.9. The van der Waals surface area contributed by atoms with Crippen LogP contribution >= 0.6 is 0 Å². The first-order chi connectivity index (χ1) is 20.3. The van der Waals surface area contributed by atoms with Crippen molar-refractivity contribution in [2.75, 3.05) is 0 Å². The topological polar surface area (TPSA) is 85.7 Å². The van der Waals surface area contributed by atoms with Gasteiger partial charge in [0, 0.05) is 24.2 Å². The quantitative estimate of drug-likeness (QED) is 0.208. The van der Waals surface area contributed by atoms with Crippen LogP contribution in [0.5, 0.6) is 5.75 Å². The van der Waals surface area contributed by atoms with E-state index in [2.05, 4.69) is 0 Å². The number of imide groups is 1. The van der Waals surface area contributed by atoms with Crippen LogP contribution in [0.25, 0.3) is 21.9 Å². The lowest BCUT2D eigenvalue weighted by molar-refractivity contribution is -0.138. The molecule has 7 nitrogen and oxygen atoms in total. The Morgan fingerprint density at radius 2 is 1.55 bits per heavy atom. The lowest BCUT2D eigenvalue weighted by Gasteiger charge is -2.25. The van der Waals surface area contributed by atoms with Gasteiger partial charge in [-0.3, -0.25) is 24.1 Å². The van der Waals surface area contributed by atoms with Gasteiger partial charge in [-0.15, -0.1) is 0 Å². The normalized spacial score (nSPS) is 14.8. The number of fused-ring (bicyclic) bond motifs is 1. The van der Waals surface area contributed by atoms with Gasteiger partial charge in [-0.25, -0.2) is 0 Å². The fourth-order valence-corrected chi connectivity index (χ4v) is 5.66. The van der Waals surface area contributed by atoms with Gasteiger partial charge >= 0.3 is 0 Å². The zero-order chi connectivity index (χ0) is 29.4. The molecule has 0 saturated heterocycles. The predicted molar refractivity (Wildman–Crippen MR) is 161 cm³/mol. The number of nitrogens with zero attached hydrogens (tertiary/aromatic N) is 2. The summed E-state index contributed by atoms with van der Waals surface area (Å²) in [5.41, 5.74) is 2.99. The number of allylic oxidation sites excluding steroid dienone is 1. The van der Waals surface area contributed by atoms with Crippen molar-refractivity contribution in [1.29, 1.82) is 0 Å². The summed E-state index contributed by atoms with van der Waals surface area (Å²) in [6.45, 7) is 4.62. The van der Waals surface area contributed by atoms with Crippen LogP contribution in [0.2, 0.25) is 0 Å². The summed E-state index contributed by atoms with van der Waals surface area (Å²) in [7, 11) is 0. The van der Waals surface area contributed by atoms with Gasteiger partial charge < -0.3 is 9.30 Å². The molecule has 0 saturated carbocycles. The first kappa shape index (κ1) is 27.1. The van der Waals surface area contributed by atoms with Crippen molar-refractivity contribution in [2.45, 2.75) is 40.0 Å². The highest BCUT2D eigenvalue weighted by Crippen LogP contribution is 2.36. The summed E-state index contributed by atoms with van der Waals surface area (Å²) >= 11 is 0. The summed E-state index contributed by atoms with van der Waals surface area (Å²) in [5.74, 6) is -0.833. The first-order valence-electron chi connectivity index (χ1n) is 14.0. The molecular weight excluding hydrogens is 528 g/mol. The van der Waals surface area contributed by atoms with Gasteiger partial charge in [0.2, 0.25) is 0 Å². The number of hydrogen-bond donors (Lipinski definition) is 0. The van der Waals surface area contributed by atoms with E-state index in [1.807, 2.05) is 86.6 Å². The van der Waals surface area contributed by atoms with E-state index in [1.54, 1.807) is 22.8 Å². The van der Waals surface area contributed by atoms with E-state index in [0.717, 1.165) is 21.6 Å². The van der Waals surface area contributed by atoms with E-state index in [9.17, 15) is 19.2 Å². The molecule has 0 bridgehead atoms. The third kappa shape index (κ3) is 4.87. The first-order valence-corrected chi connectivity index (χ1v) is 14.0. The van der Waals surface area contributed by atoms with Crippen LogP contribution in [-0.2, 0) is 34.1 Å². The molecule has 4 aromatic rings. The van der Waals surface area contributed by atoms with Crippen LogP contribution in [0.3, 0.4) is 0 Å². The molecule has 2 heterocycles. The van der Waals surface area contributed by atoms with Crippen LogP contribution in [0.15, 0.2) is 107 Å². The maximum absolute atomic E-state index is 14.2. The van der Waals surface area contributed by atoms with Gasteiger partial charge in [-0.1, -0.05) is 86.7 Å². The van der Waals surface area contributed by atoms with Crippen molar-refractivity contribution in [3.05, 3.63) is 124 Å². The largest absolute Gasteiger partial charge is 0.489 e. The molecule has 1 aliphatic carbocycles. The maximum Gasteiger partial charge on any atom is 0.265 e. The zero-order valence-corrected chi connectivity index (χ0v) is 23.5. The van der Waals surface area contributed by atoms with Gasteiger partial charge in [0.15, 0.2) is 5.78 Å². The van der Waals surface area contributed by atoms with E-state index >= 15 is 0 Å². The second kappa shape index (κ2) is 11.1. The van der Waals surface area contributed by atoms with E-state index in [-0.39, 0.29) is 41.4 Å². The predicted octanol–water partition coefficient (Wildman–Crippen LogP) is 5.60. The van der Waals surface area contributed by atoms with E-state index in [1.165, 1.54) is 0 Å². The Hall–Kier alpha value is -5.04. The van der Waals surface area contributed by atoms with Crippen molar-refractivity contribution < 1.29 is 19.1 Å². The molecule has 0 radical (unpaired) electrons. The molecule has 210 valence electrons. The van der Waals surface area contributed by atoms with Crippen LogP contribution in [0, 0.1) is 5.92 Å². The minimum atomic E-state index is -0.614. The third-order valence-electron chi connectivity index (χ3n) is 7.59. The zero-order valence-electron chi connectivity index (χ0n) is 23.5. The average molecular weight is 559 g/mol. The van der Waals surface area contributed by atoms with Gasteiger partial charge in [-0.05, 0) is 40.6 Å². The Labute approximate surface area is 243 Å². The summed E-state index contributed by atoms with van der Waals surface area (Å²) in [6.07, 6.45) is 3.24. The summed E-state index contributed by atoms with van der Waals surface area (Å²) in [5, 5.41) is 1.18. The monoisotopic (exact) mass is 558 g/mol. The molecule has 2 amide bonds. The molecule has 0 N–H and O–H groups in total. The molecule has 0 unspecified atom stereocenters. The van der Waals surface area contributed by atoms with Crippen LogP contribution in [0.1, 0.15) is 31.5 Å². The van der Waals surface area contributed by atoms with E-state index in [0.29, 0.717) is 35.4 Å². The number of carbonyl (C=O) groups excluding carboxylic acids is 3. The minimum Gasteiger partial charge on any atom is -0.489 e. The van der Waals surface area contributed by atoms with E-state index < -0.39 is 11.8 Å². The number of benzene rings is 3. The number of carbonyl (C=O) groups is 3. The standard InChI is InChI=1S/C35H30N2O5/c1-22(2)19-36-29(20-37-33(39)27-14-9-15-30(38)32(27)35(37)41)31(24-12-7-4-8-13-24)26-17-16-25(18-28(26)34(36)40)42-21-23-10-5-3-6-11-23/h3-14,16-18,22H,15,19-21H2,1-2H3. The van der Waals surface area contributed by atoms with Gasteiger partial charge in [0.25, 0.3) is 17.4 Å². The summed E-state index contributed by atoms with van der Waals surface area (Å²) < 4.78 is 7.73. The third-order valence-corrected chi connectivity index (χ3v) is 7.59. The van der Waals surface area contributed by atoms with Crippen molar-refractivity contribution in [2.24, 2.45) is 5.92 Å². The molecule has 42 heavy (non-hydrogen) atoms. The minimum absolute atomic E-state index is 0.0671. The molecule has 7 heteroatoms. The van der Waals surface area contributed by atoms with Crippen LogP contribution < -0.4 is 10.3 Å². The Morgan fingerprint density at radius 3 is 2.24 bits per heavy atom. The summed E-state index contributed by atoms with van der Waals surface area (Å²) in [4.78, 5) is 54.7. The van der Waals surface area contributed by atoms with Crippen LogP contribution in [0.4, 0.5) is 0 Å². The lowest BCUT2D eigenvalue weighted by Crippen LogP contribution is -2.36. The molecule has 6 rings (SSSR count). The number of aromatic nitrogens is 1. The van der Waals surface area contributed by atoms with Crippen LogP contribution in [-0.4, -0.2) is 27.1 Å². The maximum atomic E-state index is 14.2. The van der Waals surface area contributed by atoms with Gasteiger partial charge in [0.05, 0.1) is 23.1 Å². The van der Waals surface area contributed by atoms with Crippen molar-refractivity contribution in [1.82, 2.24) is 9.47 Å². The van der Waals surface area contributed by atoms with E-state index in [4.69, 9.17) is 4.74 Å². The fraction of sp³-hybridized carbons (Fsp3) is 0.200. The van der Waals surface area contributed by atoms with Gasteiger partial charge in [0.1, 0.15) is 12.4 Å². The SMILES string of the molecule is CC(C)Cn1c(CN2C(=O)C3=C(C(=O)CC=C3)C2=O)c(-c2ccccc2)c2ccc(OCc3ccccc3)cc2c1=O. The average Bonchev–Trinajstić information content (AvgIpc) is 3.24. The number of ether oxygens (including phenoxy) is 1. The molecule has 1 aromatic heterocycles. The highest BCUT2D eigenvalue weighted by atomic mass is 16.5. The molecule has 1 aliphatic heterocycles. The molecular formula is C35H30N2O5. The number of rotatable bonds is 8. The molecule has 0 spiro atoms. The molecule has 2 aliphatic rings. The van der Waals surface area contributed by atoms with Crippen molar-refractivity contribution >= 4 is 28.4 Å². The Morgan fingerprint density at radius 1 is 0.833 bits per heavy atom. The number of ketones is 1. The van der Waals surface area contributed by atoms with Gasteiger partial charge in [-0.2, -0.15) is 0 Å². The van der Waals surface area contributed by atoms with Crippen molar-refractivity contribution in [3.8, 4) is 16.9 Å². The molecule has 0 fully saturated rings. The van der Waals surface area contributed by atoms with Crippen molar-refractivity contribution in [3.63, 3.8) is 0 Å². The fourth-order valence-electron chi connectivity index (χ4n) is 5.66. The number of Topliss-reactive ketones (excluding diaryl/α,β-unsaturated/α-hetero) is 1. The molecule has 0 atom stereocenters.